The quantitative estimate of drug-likeness (QED) is 0.0804. The summed E-state index contributed by atoms with van der Waals surface area (Å²) in [6.07, 6.45) is 36.6. The summed E-state index contributed by atoms with van der Waals surface area (Å²) in [7, 11) is 11.6. The van der Waals surface area contributed by atoms with E-state index in [9.17, 15) is 0 Å². The molecule has 4 N–H and O–H groups in total. The Morgan fingerprint density at radius 1 is 0.466 bits per heavy atom. The number of aliphatic hydroxyl groups excluding tert-OH is 1. The van der Waals surface area contributed by atoms with E-state index in [1.54, 1.807) is 190 Å². The van der Waals surface area contributed by atoms with E-state index in [0.717, 1.165) is 135 Å². The number of aliphatic imine (C=N–C) groups is 1. The minimum atomic E-state index is 0. The molecule has 0 radical (unpaired) electrons. The van der Waals surface area contributed by atoms with Crippen molar-refractivity contribution in [3.8, 4) is 15.5 Å². The van der Waals surface area contributed by atoms with Gasteiger partial charge in [-0.05, 0) is 173 Å². The number of aromatic nitrogens is 13. The SMILES string of the molecule is Brc1nccs1.Brc1nccs1.Brc1nccs1.Brc1nccs1.Brc1nccs1.Brc1nccs1.C.C.C.C.C.C.C1=CN=CC1.CCCO.CCN(CC)CCOc1nccs1.CN.CN(C)c1nccs1.CNC.COc1nccs1.C[O-].[H-].[H-].[H-].[Na+].[Na+].[Na+].[Na+].c1ccc(CN2CCCCC2)cc1.c1ccc(CN2CCN(c3nccs3)CC2)cc1.c1cn(-c2nccs2)cn1. The molecular weight excluding hydrogens is 2300 g/mol. The first-order chi connectivity index (χ1) is 59.1. The van der Waals surface area contributed by atoms with Crippen LogP contribution in [-0.4, -0.2) is 212 Å². The van der Waals surface area contributed by atoms with Crippen LogP contribution in [0.25, 0.3) is 5.13 Å². The van der Waals surface area contributed by atoms with Gasteiger partial charge in [0.25, 0.3) is 10.4 Å². The maximum Gasteiger partial charge on any atom is 1.00 e. The zero-order valence-electron chi connectivity index (χ0n) is 76.2. The van der Waals surface area contributed by atoms with Crippen LogP contribution < -0.4 is 154 Å². The molecule has 0 unspecified atom stereocenters. The van der Waals surface area contributed by atoms with Crippen molar-refractivity contribution < 1.29 is 142 Å². The molecule has 46 heteroatoms. The van der Waals surface area contributed by atoms with Crippen molar-refractivity contribution in [1.29, 1.82) is 0 Å². The topological polar surface area (TPSA) is 288 Å². The van der Waals surface area contributed by atoms with Crippen LogP contribution in [0.4, 0.5) is 10.3 Å². The number of hydrogen-bond acceptors (Lipinski definition) is 35. The van der Waals surface area contributed by atoms with Gasteiger partial charge in [0.1, 0.15) is 12.9 Å². The summed E-state index contributed by atoms with van der Waals surface area (Å²) < 4.78 is 17.8. The summed E-state index contributed by atoms with van der Waals surface area (Å²) in [4.78, 5) is 63.0. The van der Waals surface area contributed by atoms with Crippen LogP contribution in [0.15, 0.2) is 248 Å². The Balaban J connectivity index is -0.000000107. The van der Waals surface area contributed by atoms with E-state index in [2.05, 4.69) is 266 Å². The number of allylic oxidation sites excluding steroid dienone is 1. The van der Waals surface area contributed by atoms with Gasteiger partial charge in [0.2, 0.25) is 0 Å². The van der Waals surface area contributed by atoms with Crippen LogP contribution in [0.2, 0.25) is 0 Å². The van der Waals surface area contributed by atoms with E-state index >= 15 is 0 Å². The molecule has 2 aromatic carbocycles. The standard InChI is InChI=1S/C14H17N3S.C12H17N.C9H16N2OS.C6H5N3S.C5H8N2S.C4H5NOS.C4H5N.6C3H2BrNS.C3H8O.C2H7N.CH5N.CH3O.6CH4.4Na.3H/c1-2-4-13(5-3-1)12-16-7-9-17(10-8-16)14-15-6-11-18-14;1-3-7-12(8-4-1)11-13-9-5-2-6-10-13;1-3-11(4-2)6-7-12-9-10-5-8-13-9;1-3-9(5-7-1)6-8-2-4-10-6;1-7(2)5-6-3-4-8-5;1-6-4-5-2-3-7-4;1-2-4-5-3-1;6*4-3-5-1-2-6-3;1-2-3-4;1-3-2;2*1-2;;;;;;;;;;;;;/h1-6,11H,7-10,12H2;1,3-4,7-8H,2,5-6,9-11H2;5,8H,3-4,6-7H2,1-2H3;1-5H;3-4H,1-2H3;2-3H,1H3;1,3-4H,2H2;6*1-2H;4H,2-3H2,1H3;3H,1-2H3;2H2,1H3;1H3;6*1H4;;;;;;;/q;;;;;;;;;;;;;;;;-1;;;;;;;4*+1;3*-1. The van der Waals surface area contributed by atoms with Gasteiger partial charge in [-0.15, -0.1) is 102 Å². The summed E-state index contributed by atoms with van der Waals surface area (Å²) in [5, 5.41) is 44.8. The van der Waals surface area contributed by atoms with Gasteiger partial charge in [0, 0.05) is 225 Å². The first kappa shape index (κ1) is 150. The molecule has 14 aromatic rings. The van der Waals surface area contributed by atoms with Crippen LogP contribution in [0, 0.1) is 0 Å². The van der Waals surface area contributed by atoms with Gasteiger partial charge in [0.15, 0.2) is 38.9 Å². The van der Waals surface area contributed by atoms with Gasteiger partial charge in [-0.2, -0.15) is 7.11 Å². The summed E-state index contributed by atoms with van der Waals surface area (Å²) in [6, 6.07) is 21.5. The van der Waals surface area contributed by atoms with E-state index in [1.165, 1.54) is 73.2 Å². The molecule has 3 aliphatic heterocycles. The molecule has 0 atom stereocenters. The predicted molar refractivity (Wildman–Crippen MR) is 585 cm³/mol. The number of methoxy groups -OCH3 is 1. The Kier molecular flexibility index (Phi) is 125. The number of piperazine rings is 1. The maximum atomic E-state index is 8.25. The van der Waals surface area contributed by atoms with Crippen LogP contribution in [0.1, 0.15) is 113 Å². The van der Waals surface area contributed by atoms with Gasteiger partial charge >= 0.3 is 118 Å². The second kappa shape index (κ2) is 109. The number of hydrogen-bond donors (Lipinski definition) is 3. The molecule has 2 fully saturated rings. The molecule has 0 amide bonds. The number of nitrogens with one attached hydrogen (secondary N) is 1. The molecule has 0 saturated carbocycles. The van der Waals surface area contributed by atoms with Gasteiger partial charge in [-0.25, -0.2) is 59.8 Å². The van der Waals surface area contributed by atoms with Crippen molar-refractivity contribution in [3.05, 3.63) is 254 Å². The van der Waals surface area contributed by atoms with Crippen molar-refractivity contribution in [2.45, 2.75) is 111 Å². The fraction of sp³-hybridized carbons (Fsp3) is 0.400. The number of aliphatic hydroxyl groups is 1. The van der Waals surface area contributed by atoms with Gasteiger partial charge in [-0.3, -0.25) is 19.4 Å². The summed E-state index contributed by atoms with van der Waals surface area (Å²) in [5.74, 6) is 0. The summed E-state index contributed by atoms with van der Waals surface area (Å²) in [6.45, 7) is 19.6. The number of piperidine rings is 1. The van der Waals surface area contributed by atoms with E-state index in [4.69, 9.17) is 19.7 Å². The van der Waals surface area contributed by atoms with E-state index in [1.807, 2.05) is 128 Å². The molecule has 131 heavy (non-hydrogen) atoms. The first-order valence-electron chi connectivity index (χ1n) is 37.1. The Morgan fingerprint density at radius 3 is 1.07 bits per heavy atom. The second-order valence-corrected chi connectivity index (χ2v) is 39.8. The molecular formula is C85H135Br6N21Na4O4S11. The molecule has 0 bridgehead atoms. The molecule has 2 saturated heterocycles. The van der Waals surface area contributed by atoms with Gasteiger partial charge in [0.05, 0.1) is 7.11 Å². The number of rotatable bonds is 15. The summed E-state index contributed by atoms with van der Waals surface area (Å²) in [5.41, 5.74) is 7.35. The van der Waals surface area contributed by atoms with E-state index < -0.39 is 0 Å². The number of halogens is 6. The smallest absolute Gasteiger partial charge is 1.00 e. The largest absolute Gasteiger partial charge is 1.00 e. The third-order valence-electron chi connectivity index (χ3n) is 13.7. The Labute approximate surface area is 971 Å². The van der Waals surface area contributed by atoms with Crippen LogP contribution in [0.3, 0.4) is 0 Å². The molecule has 25 nitrogen and oxygen atoms in total. The van der Waals surface area contributed by atoms with Crippen LogP contribution in [0.5, 0.6) is 10.4 Å². The summed E-state index contributed by atoms with van der Waals surface area (Å²) >= 11 is 36.6. The Hall–Kier alpha value is -1.21. The number of benzene rings is 2. The number of anilines is 2. The van der Waals surface area contributed by atoms with Gasteiger partial charge in [-0.1, -0.05) is 161 Å². The number of nitrogens with two attached hydrogens (primary N) is 1. The van der Waals surface area contributed by atoms with Crippen LogP contribution >= 0.6 is 220 Å². The Morgan fingerprint density at radius 2 is 0.817 bits per heavy atom. The minimum absolute atomic E-state index is 0. The van der Waals surface area contributed by atoms with Crippen molar-refractivity contribution in [2.24, 2.45) is 10.7 Å². The zero-order valence-corrected chi connectivity index (χ0v) is 99.7. The maximum absolute atomic E-state index is 8.25. The molecule has 716 valence electrons. The van der Waals surface area contributed by atoms with Crippen molar-refractivity contribution in [2.75, 3.05) is 131 Å². The van der Waals surface area contributed by atoms with Crippen molar-refractivity contribution in [1.82, 2.24) is 84.4 Å². The number of likely N-dealkylation sites (N-methyl/N-ethyl adjacent to an activating group) is 1. The third kappa shape index (κ3) is 86.4. The first-order valence-corrected chi connectivity index (χ1v) is 51.5. The zero-order chi connectivity index (χ0) is 88.7. The van der Waals surface area contributed by atoms with E-state index in [-0.39, 0.29) is 167 Å². The van der Waals surface area contributed by atoms with E-state index in [0.29, 0.717) is 6.61 Å². The fourth-order valence-electron chi connectivity index (χ4n) is 8.36. The number of nitrogens with zero attached hydrogens (tertiary/aromatic N) is 19. The second-order valence-electron chi connectivity index (χ2n) is 22.4. The van der Waals surface area contributed by atoms with Crippen LogP contribution in [-0.2, 0) is 13.1 Å². The number of thiazole rings is 11. The molecule has 17 rings (SSSR count). The number of imidazole rings is 1. The number of ether oxygens (including phenoxy) is 2. The average molecular weight is 2440 g/mol. The molecule has 12 aromatic heterocycles. The Bertz CT molecular complexity index is 4040. The minimum Gasteiger partial charge on any atom is -1.00 e. The molecule has 0 aliphatic carbocycles. The molecule has 15 heterocycles. The number of likely N-dealkylation sites (tertiary alicyclic amines) is 1. The van der Waals surface area contributed by atoms with Crippen molar-refractivity contribution in [3.63, 3.8) is 0 Å². The normalized spacial score (nSPS) is 10.6. The fourth-order valence-corrected chi connectivity index (χ4v) is 16.0. The van der Waals surface area contributed by atoms with Gasteiger partial charge < -0.3 is 49.7 Å². The molecule has 3 aliphatic rings. The predicted octanol–water partition coefficient (Wildman–Crippen LogP) is 14.0. The average Bonchev–Trinajstić information content (AvgIpc) is 1.54. The van der Waals surface area contributed by atoms with Crippen molar-refractivity contribution >= 4 is 237 Å². The molecule has 0 spiro atoms. The monoisotopic (exact) mass is 2430 g/mol. The third-order valence-corrected chi connectivity index (χ3v) is 25.6.